The van der Waals surface area contributed by atoms with Crippen LogP contribution in [-0.4, -0.2) is 12.5 Å². The smallest absolute Gasteiger partial charge is 0.251 e. The highest BCUT2D eigenvalue weighted by molar-refractivity contribution is 5.96. The molecular formula is C14H21NO. The molecule has 1 aliphatic rings. The zero-order valence-corrected chi connectivity index (χ0v) is 10.6. The lowest BCUT2D eigenvalue weighted by atomic mass is 9.94. The molecule has 1 heterocycles. The van der Waals surface area contributed by atoms with Crippen LogP contribution in [0.5, 0.6) is 0 Å². The van der Waals surface area contributed by atoms with E-state index in [-0.39, 0.29) is 5.91 Å². The average Bonchev–Trinajstić information content (AvgIpc) is 2.31. The molecule has 0 aromatic heterocycles. The Morgan fingerprint density at radius 1 is 1.25 bits per heavy atom. The van der Waals surface area contributed by atoms with Crippen LogP contribution < -0.4 is 5.32 Å². The van der Waals surface area contributed by atoms with Gasteiger partial charge in [-0.15, -0.1) is 0 Å². The minimum atomic E-state index is 0.0709. The molecule has 0 radical (unpaired) electrons. The second kappa shape index (κ2) is 5.69. The van der Waals surface area contributed by atoms with Crippen molar-refractivity contribution >= 4 is 5.91 Å². The fraction of sp³-hybridized carbons (Fsp3) is 0.500. The summed E-state index contributed by atoms with van der Waals surface area (Å²) in [6, 6.07) is 6.16. The van der Waals surface area contributed by atoms with Crippen molar-refractivity contribution in [3.8, 4) is 0 Å². The van der Waals surface area contributed by atoms with Crippen molar-refractivity contribution in [3.05, 3.63) is 34.9 Å². The van der Waals surface area contributed by atoms with E-state index in [1.54, 1.807) is 0 Å². The van der Waals surface area contributed by atoms with Crippen LogP contribution in [0.1, 0.15) is 55.1 Å². The van der Waals surface area contributed by atoms with E-state index in [1.165, 1.54) is 11.1 Å². The molecule has 0 spiro atoms. The standard InChI is InChI=1S/C12H15NO.C2H6/c1-8(2)9-3-4-11-10(7-9)5-6-13-12(11)14;1-2/h3-4,7-8H,5-6H2,1-2H3,(H,13,14);1-2H3. The molecular weight excluding hydrogens is 198 g/mol. The van der Waals surface area contributed by atoms with Crippen LogP contribution in [-0.2, 0) is 6.42 Å². The molecule has 1 N–H and O–H groups in total. The summed E-state index contributed by atoms with van der Waals surface area (Å²) in [7, 11) is 0. The number of nitrogens with one attached hydrogen (secondary N) is 1. The van der Waals surface area contributed by atoms with Gasteiger partial charge in [-0.3, -0.25) is 4.79 Å². The van der Waals surface area contributed by atoms with Crippen molar-refractivity contribution in [2.45, 2.75) is 40.0 Å². The van der Waals surface area contributed by atoms with Crippen molar-refractivity contribution in [3.63, 3.8) is 0 Å². The maximum absolute atomic E-state index is 11.5. The Morgan fingerprint density at radius 3 is 2.56 bits per heavy atom. The van der Waals surface area contributed by atoms with E-state index in [4.69, 9.17) is 0 Å². The molecule has 1 aromatic rings. The maximum atomic E-state index is 11.5. The molecule has 2 nitrogen and oxygen atoms in total. The van der Waals surface area contributed by atoms with Gasteiger partial charge < -0.3 is 5.32 Å². The molecule has 0 saturated carbocycles. The zero-order valence-electron chi connectivity index (χ0n) is 10.6. The second-order valence-electron chi connectivity index (χ2n) is 4.08. The summed E-state index contributed by atoms with van der Waals surface area (Å²) in [5, 5.41) is 2.85. The van der Waals surface area contributed by atoms with Crippen LogP contribution in [0.2, 0.25) is 0 Å². The van der Waals surface area contributed by atoms with Crippen molar-refractivity contribution in [1.29, 1.82) is 0 Å². The summed E-state index contributed by atoms with van der Waals surface area (Å²) in [4.78, 5) is 11.5. The maximum Gasteiger partial charge on any atom is 0.251 e. The Kier molecular flexibility index (Phi) is 4.53. The van der Waals surface area contributed by atoms with Gasteiger partial charge in [0.15, 0.2) is 0 Å². The van der Waals surface area contributed by atoms with Gasteiger partial charge in [-0.05, 0) is 29.5 Å². The largest absolute Gasteiger partial charge is 0.352 e. The minimum Gasteiger partial charge on any atom is -0.352 e. The molecule has 0 aliphatic carbocycles. The number of hydrogen-bond acceptors (Lipinski definition) is 1. The number of rotatable bonds is 1. The van der Waals surface area contributed by atoms with E-state index in [0.29, 0.717) is 5.92 Å². The summed E-state index contributed by atoms with van der Waals surface area (Å²) in [5.41, 5.74) is 3.36. The Labute approximate surface area is 98.1 Å². The topological polar surface area (TPSA) is 29.1 Å². The highest BCUT2D eigenvalue weighted by Crippen LogP contribution is 2.20. The first-order valence-corrected chi connectivity index (χ1v) is 6.09. The summed E-state index contributed by atoms with van der Waals surface area (Å²) in [6.07, 6.45) is 0.960. The van der Waals surface area contributed by atoms with E-state index < -0.39 is 0 Å². The molecule has 1 aromatic carbocycles. The summed E-state index contributed by atoms with van der Waals surface area (Å²) in [5.74, 6) is 0.604. The molecule has 1 aliphatic heterocycles. The van der Waals surface area contributed by atoms with Crippen LogP contribution in [0.3, 0.4) is 0 Å². The summed E-state index contributed by atoms with van der Waals surface area (Å²) in [6.45, 7) is 9.11. The van der Waals surface area contributed by atoms with E-state index in [0.717, 1.165) is 18.5 Å². The third-order valence-corrected chi connectivity index (χ3v) is 2.72. The fourth-order valence-electron chi connectivity index (χ4n) is 1.81. The van der Waals surface area contributed by atoms with Crippen LogP contribution in [0.15, 0.2) is 18.2 Å². The number of amides is 1. The first kappa shape index (κ1) is 12.8. The van der Waals surface area contributed by atoms with Gasteiger partial charge in [0.25, 0.3) is 5.91 Å². The molecule has 16 heavy (non-hydrogen) atoms. The normalized spacial score (nSPS) is 13.7. The van der Waals surface area contributed by atoms with Crippen molar-refractivity contribution < 1.29 is 4.79 Å². The van der Waals surface area contributed by atoms with E-state index in [1.807, 2.05) is 19.9 Å². The predicted octanol–water partition coefficient (Wildman–Crippen LogP) is 3.12. The number of carbonyl (C=O) groups is 1. The Bertz CT molecular complexity index is 369. The number of carbonyl (C=O) groups excluding carboxylic acids is 1. The van der Waals surface area contributed by atoms with Crippen LogP contribution in [0.25, 0.3) is 0 Å². The summed E-state index contributed by atoms with van der Waals surface area (Å²) < 4.78 is 0. The molecule has 2 heteroatoms. The third-order valence-electron chi connectivity index (χ3n) is 2.72. The van der Waals surface area contributed by atoms with Crippen molar-refractivity contribution in [1.82, 2.24) is 5.32 Å². The van der Waals surface area contributed by atoms with Crippen LogP contribution in [0.4, 0.5) is 0 Å². The monoisotopic (exact) mass is 219 g/mol. The SMILES string of the molecule is CC.CC(C)c1ccc2c(c1)CCNC2=O. The Morgan fingerprint density at radius 2 is 1.94 bits per heavy atom. The molecule has 0 atom stereocenters. The van der Waals surface area contributed by atoms with E-state index in [2.05, 4.69) is 31.3 Å². The molecule has 0 bridgehead atoms. The molecule has 1 amide bonds. The lowest BCUT2D eigenvalue weighted by molar-refractivity contribution is 0.0946. The van der Waals surface area contributed by atoms with Gasteiger partial charge in [-0.2, -0.15) is 0 Å². The molecule has 0 fully saturated rings. The minimum absolute atomic E-state index is 0.0709. The fourth-order valence-corrected chi connectivity index (χ4v) is 1.81. The zero-order chi connectivity index (χ0) is 12.1. The van der Waals surface area contributed by atoms with Crippen LogP contribution in [0, 0.1) is 0 Å². The third kappa shape index (κ3) is 2.63. The van der Waals surface area contributed by atoms with Gasteiger partial charge in [-0.1, -0.05) is 39.8 Å². The predicted molar refractivity (Wildman–Crippen MR) is 67.9 cm³/mol. The highest BCUT2D eigenvalue weighted by Gasteiger charge is 2.16. The first-order chi connectivity index (χ1) is 7.68. The van der Waals surface area contributed by atoms with E-state index >= 15 is 0 Å². The quantitative estimate of drug-likeness (QED) is 0.772. The van der Waals surface area contributed by atoms with Gasteiger partial charge in [0.05, 0.1) is 0 Å². The van der Waals surface area contributed by atoms with Gasteiger partial charge >= 0.3 is 0 Å². The van der Waals surface area contributed by atoms with Gasteiger partial charge in [0, 0.05) is 12.1 Å². The lowest BCUT2D eigenvalue weighted by Gasteiger charge is -2.18. The number of fused-ring (bicyclic) bond motifs is 1. The van der Waals surface area contributed by atoms with Gasteiger partial charge in [-0.25, -0.2) is 0 Å². The van der Waals surface area contributed by atoms with Crippen LogP contribution >= 0.6 is 0 Å². The molecule has 88 valence electrons. The molecule has 0 unspecified atom stereocenters. The summed E-state index contributed by atoms with van der Waals surface area (Å²) >= 11 is 0. The number of hydrogen-bond donors (Lipinski definition) is 1. The first-order valence-electron chi connectivity index (χ1n) is 6.09. The Hall–Kier alpha value is -1.31. The number of benzene rings is 1. The van der Waals surface area contributed by atoms with Crippen molar-refractivity contribution in [2.75, 3.05) is 6.54 Å². The molecule has 0 saturated heterocycles. The Balaban J connectivity index is 0.000000606. The highest BCUT2D eigenvalue weighted by atomic mass is 16.1. The second-order valence-corrected chi connectivity index (χ2v) is 4.08. The molecule has 2 rings (SSSR count). The van der Waals surface area contributed by atoms with Crippen molar-refractivity contribution in [2.24, 2.45) is 0 Å². The van der Waals surface area contributed by atoms with E-state index in [9.17, 15) is 4.79 Å². The average molecular weight is 219 g/mol. The lowest BCUT2D eigenvalue weighted by Crippen LogP contribution is -2.31. The van der Waals surface area contributed by atoms with Gasteiger partial charge in [0.2, 0.25) is 0 Å². The van der Waals surface area contributed by atoms with Gasteiger partial charge in [0.1, 0.15) is 0 Å².